The molecule has 1 aromatic carbocycles. The number of hydrazine groups is 1. The van der Waals surface area contributed by atoms with Gasteiger partial charge in [0.25, 0.3) is 0 Å². The smallest absolute Gasteiger partial charge is 0.433 e. The molecule has 8 heteroatoms. The molecule has 192 valence electrons. The predicted molar refractivity (Wildman–Crippen MR) is 133 cm³/mol. The second-order valence-electron chi connectivity index (χ2n) is 10.4. The number of rotatable bonds is 3. The normalized spacial score (nSPS) is 29.9. The highest BCUT2D eigenvalue weighted by atomic mass is 19.4. The number of anilines is 1. The zero-order valence-corrected chi connectivity index (χ0v) is 20.9. The lowest BCUT2D eigenvalue weighted by molar-refractivity contribution is -0.187. The molecule has 1 aliphatic heterocycles. The van der Waals surface area contributed by atoms with Crippen molar-refractivity contribution in [2.45, 2.75) is 52.6 Å². The maximum absolute atomic E-state index is 14.0. The van der Waals surface area contributed by atoms with Crippen molar-refractivity contribution in [3.63, 3.8) is 0 Å². The quantitative estimate of drug-likeness (QED) is 0.373. The van der Waals surface area contributed by atoms with Crippen LogP contribution in [-0.2, 0) is 4.74 Å². The molecular weight excluding hydrogens is 467 g/mol. The lowest BCUT2D eigenvalue weighted by Gasteiger charge is -2.50. The summed E-state index contributed by atoms with van der Waals surface area (Å²) in [6, 6.07) is 8.36. The van der Waals surface area contributed by atoms with Crippen LogP contribution >= 0.6 is 0 Å². The summed E-state index contributed by atoms with van der Waals surface area (Å²) in [5.74, 6) is -2.74. The minimum atomic E-state index is -4.36. The van der Waals surface area contributed by atoms with Crippen molar-refractivity contribution < 1.29 is 22.7 Å². The van der Waals surface area contributed by atoms with Crippen LogP contribution in [0.2, 0.25) is 0 Å². The highest BCUT2D eigenvalue weighted by Crippen LogP contribution is 2.59. The Balaban J connectivity index is 1.46. The van der Waals surface area contributed by atoms with E-state index in [0.29, 0.717) is 19.4 Å². The summed E-state index contributed by atoms with van der Waals surface area (Å²) < 4.78 is 46.9. The number of alkyl halides is 3. The zero-order valence-electron chi connectivity index (χ0n) is 20.9. The summed E-state index contributed by atoms with van der Waals surface area (Å²) in [4.78, 5) is 15.6. The van der Waals surface area contributed by atoms with Crippen molar-refractivity contribution in [2.24, 2.45) is 28.2 Å². The largest absolute Gasteiger partial charge is 0.448 e. The summed E-state index contributed by atoms with van der Waals surface area (Å²) in [7, 11) is 0. The van der Waals surface area contributed by atoms with Crippen LogP contribution in [0.25, 0.3) is 0 Å². The highest BCUT2D eigenvalue weighted by molar-refractivity contribution is 5.81. The van der Waals surface area contributed by atoms with Crippen LogP contribution in [0.5, 0.6) is 0 Å². The van der Waals surface area contributed by atoms with Crippen LogP contribution < -0.4 is 10.4 Å². The minimum absolute atomic E-state index is 0.0998. The Morgan fingerprint density at radius 2 is 2.06 bits per heavy atom. The standard InChI is InChI=1S/C28H32F3N3O2/c1-4-36-26(35)32-16-22-21-10-7-19-13-25-18(15-33-34(25)20-8-5-17(2)6-9-20)14-27(19,3)23(21)11-12-24(22)28(29,30)31/h5-6,8-9,11,13,16,21-22,24,33H,4,7,10,12,14-15H2,1-3H3/t21-,22?,24-,27+/m1/s1. The van der Waals surface area contributed by atoms with Gasteiger partial charge in [-0.05, 0) is 69.2 Å². The van der Waals surface area contributed by atoms with Crippen molar-refractivity contribution in [1.29, 1.82) is 0 Å². The molecule has 0 spiro atoms. The van der Waals surface area contributed by atoms with Crippen molar-refractivity contribution in [3.8, 4) is 0 Å². The van der Waals surface area contributed by atoms with Gasteiger partial charge in [0.1, 0.15) is 0 Å². The maximum Gasteiger partial charge on any atom is 0.433 e. The van der Waals surface area contributed by atoms with Gasteiger partial charge in [-0.25, -0.2) is 10.2 Å². The third kappa shape index (κ3) is 4.29. The van der Waals surface area contributed by atoms with Gasteiger partial charge in [-0.15, -0.1) is 0 Å². The van der Waals surface area contributed by atoms with Crippen LogP contribution in [0, 0.1) is 30.1 Å². The van der Waals surface area contributed by atoms with Crippen molar-refractivity contribution >= 4 is 18.0 Å². The lowest BCUT2D eigenvalue weighted by Crippen LogP contribution is -2.45. The fraction of sp³-hybridized carbons (Fsp3) is 0.500. The van der Waals surface area contributed by atoms with Crippen LogP contribution in [-0.4, -0.2) is 31.6 Å². The molecule has 1 fully saturated rings. The second-order valence-corrected chi connectivity index (χ2v) is 10.4. The summed E-state index contributed by atoms with van der Waals surface area (Å²) in [6.45, 7) is 6.72. The summed E-state index contributed by atoms with van der Waals surface area (Å²) in [6.07, 6.45) is 2.07. The summed E-state index contributed by atoms with van der Waals surface area (Å²) in [5.41, 5.74) is 10.1. The van der Waals surface area contributed by atoms with E-state index in [1.54, 1.807) is 6.92 Å². The Labute approximate surface area is 209 Å². The van der Waals surface area contributed by atoms with Gasteiger partial charge < -0.3 is 4.74 Å². The summed E-state index contributed by atoms with van der Waals surface area (Å²) in [5, 5.41) is 2.12. The number of hydrogen-bond donors (Lipinski definition) is 1. The molecule has 36 heavy (non-hydrogen) atoms. The molecule has 1 amide bonds. The molecule has 4 atom stereocenters. The SMILES string of the molecule is CCOC(=O)N=CC1[C@H](C(F)(F)F)CC=C2[C@@H]1CCC1=CC3=C(CNN3c3ccc(C)cc3)C[C@@]12C. The Bertz CT molecular complexity index is 1170. The molecule has 1 N–H and O–H groups in total. The highest BCUT2D eigenvalue weighted by Gasteiger charge is 2.54. The fourth-order valence-electron chi connectivity index (χ4n) is 6.46. The number of nitrogens with zero attached hydrogens (tertiary/aromatic N) is 2. The summed E-state index contributed by atoms with van der Waals surface area (Å²) >= 11 is 0. The first-order valence-electron chi connectivity index (χ1n) is 12.6. The van der Waals surface area contributed by atoms with Crippen molar-refractivity contribution in [1.82, 2.24) is 5.43 Å². The van der Waals surface area contributed by atoms with E-state index in [0.717, 1.165) is 23.4 Å². The van der Waals surface area contributed by atoms with Gasteiger partial charge >= 0.3 is 12.3 Å². The predicted octanol–water partition coefficient (Wildman–Crippen LogP) is 6.67. The van der Waals surface area contributed by atoms with Gasteiger partial charge in [0, 0.05) is 24.1 Å². The van der Waals surface area contributed by atoms with Crippen LogP contribution in [0.3, 0.4) is 0 Å². The number of allylic oxidation sites excluding steroid dienone is 4. The van der Waals surface area contributed by atoms with Gasteiger partial charge in [0.15, 0.2) is 0 Å². The number of aryl methyl sites for hydroxylation is 1. The number of aliphatic imine (C=N–C) groups is 1. The lowest BCUT2D eigenvalue weighted by atomic mass is 9.54. The third-order valence-electron chi connectivity index (χ3n) is 8.26. The number of carbonyl (C=O) groups excluding carboxylic acids is 1. The molecule has 1 saturated carbocycles. The molecule has 3 aliphatic carbocycles. The Hall–Kier alpha value is -2.87. The van der Waals surface area contributed by atoms with E-state index in [-0.39, 0.29) is 24.4 Å². The molecule has 1 aromatic rings. The fourth-order valence-corrected chi connectivity index (χ4v) is 6.46. The number of fused-ring (bicyclic) bond motifs is 3. The van der Waals surface area contributed by atoms with E-state index in [1.807, 2.05) is 6.08 Å². The molecule has 0 radical (unpaired) electrons. The molecular formula is C28H32F3N3O2. The number of hydrogen-bond acceptors (Lipinski definition) is 4. The number of halogens is 3. The van der Waals surface area contributed by atoms with Gasteiger partial charge in [-0.1, -0.05) is 41.8 Å². The van der Waals surface area contributed by atoms with Crippen molar-refractivity contribution in [3.05, 3.63) is 64.4 Å². The second kappa shape index (κ2) is 9.21. The number of benzene rings is 1. The topological polar surface area (TPSA) is 53.9 Å². The van der Waals surface area contributed by atoms with Crippen LogP contribution in [0.4, 0.5) is 23.7 Å². The van der Waals surface area contributed by atoms with Crippen LogP contribution in [0.1, 0.15) is 45.1 Å². The Kier molecular flexibility index (Phi) is 6.35. The molecule has 0 saturated heterocycles. The van der Waals surface area contributed by atoms with Gasteiger partial charge in [-0.2, -0.15) is 18.2 Å². The van der Waals surface area contributed by atoms with Crippen LogP contribution in [0.15, 0.2) is 63.8 Å². The van der Waals surface area contributed by atoms with E-state index < -0.39 is 24.1 Å². The monoisotopic (exact) mass is 499 g/mol. The van der Waals surface area contributed by atoms with E-state index in [2.05, 4.69) is 59.6 Å². The first kappa shape index (κ1) is 24.8. The Morgan fingerprint density at radius 1 is 1.31 bits per heavy atom. The number of ether oxygens (including phenoxy) is 1. The molecule has 1 unspecified atom stereocenters. The first-order chi connectivity index (χ1) is 17.1. The molecule has 5 nitrogen and oxygen atoms in total. The average Bonchev–Trinajstić information content (AvgIpc) is 3.23. The molecule has 0 aromatic heterocycles. The minimum Gasteiger partial charge on any atom is -0.448 e. The zero-order chi connectivity index (χ0) is 25.7. The van der Waals surface area contributed by atoms with Gasteiger partial charge in [0.2, 0.25) is 0 Å². The number of carbonyl (C=O) groups is 1. The molecule has 1 heterocycles. The molecule has 0 bridgehead atoms. The van der Waals surface area contributed by atoms with Crippen molar-refractivity contribution in [2.75, 3.05) is 18.2 Å². The first-order valence-corrected chi connectivity index (χ1v) is 12.6. The molecule has 5 rings (SSSR count). The number of amides is 1. The van der Waals surface area contributed by atoms with E-state index >= 15 is 0 Å². The van der Waals surface area contributed by atoms with E-state index in [1.165, 1.54) is 22.9 Å². The Morgan fingerprint density at radius 3 is 2.75 bits per heavy atom. The number of nitrogens with one attached hydrogen (secondary N) is 1. The van der Waals surface area contributed by atoms with E-state index in [9.17, 15) is 18.0 Å². The van der Waals surface area contributed by atoms with Gasteiger partial charge in [0.05, 0.1) is 23.9 Å². The van der Waals surface area contributed by atoms with E-state index in [4.69, 9.17) is 4.74 Å². The third-order valence-corrected chi connectivity index (χ3v) is 8.26. The average molecular weight is 500 g/mol. The molecule has 4 aliphatic rings. The van der Waals surface area contributed by atoms with Gasteiger partial charge in [-0.3, -0.25) is 5.01 Å². The maximum atomic E-state index is 14.0.